The molecule has 1 atom stereocenters. The number of carbonyl (C=O) groups is 2. The minimum absolute atomic E-state index is 0.245. The van der Waals surface area contributed by atoms with E-state index in [0.717, 1.165) is 43.2 Å². The highest BCUT2D eigenvalue weighted by molar-refractivity contribution is 7.13. The molecule has 0 saturated carbocycles. The lowest BCUT2D eigenvalue weighted by Gasteiger charge is -2.24. The first kappa shape index (κ1) is 21.6. The zero-order chi connectivity index (χ0) is 21.0. The normalized spacial score (nSPS) is 16.2. The molecule has 6 nitrogen and oxygen atoms in total. The molecule has 1 fully saturated rings. The molecule has 1 aromatic heterocycles. The molecule has 1 unspecified atom stereocenters. The summed E-state index contributed by atoms with van der Waals surface area (Å²) in [6, 6.07) is 8.55. The van der Waals surface area contributed by atoms with Crippen LogP contribution in [0.3, 0.4) is 0 Å². The van der Waals surface area contributed by atoms with Gasteiger partial charge in [0.2, 0.25) is 5.91 Å². The smallest absolute Gasteiger partial charge is 0.261 e. The molecule has 0 aliphatic carbocycles. The van der Waals surface area contributed by atoms with E-state index < -0.39 is 6.04 Å². The average molecular weight is 435 g/mol. The molecule has 156 valence electrons. The van der Waals surface area contributed by atoms with Crippen LogP contribution in [-0.4, -0.2) is 56.0 Å². The molecule has 3 rings (SSSR count). The molecule has 8 heteroatoms. The summed E-state index contributed by atoms with van der Waals surface area (Å²) in [7, 11) is 2.13. The largest absolute Gasteiger partial charge is 0.369 e. The lowest BCUT2D eigenvalue weighted by atomic mass is 10.2. The molecule has 1 aromatic carbocycles. The van der Waals surface area contributed by atoms with Gasteiger partial charge in [0.25, 0.3) is 5.91 Å². The number of halogens is 1. The van der Waals surface area contributed by atoms with Gasteiger partial charge in [-0.05, 0) is 64.2 Å². The van der Waals surface area contributed by atoms with Crippen molar-refractivity contribution in [2.75, 3.05) is 43.4 Å². The van der Waals surface area contributed by atoms with E-state index in [1.54, 1.807) is 19.1 Å². The van der Waals surface area contributed by atoms with Crippen LogP contribution in [-0.2, 0) is 4.79 Å². The van der Waals surface area contributed by atoms with Crippen molar-refractivity contribution in [1.29, 1.82) is 0 Å². The van der Waals surface area contributed by atoms with E-state index >= 15 is 0 Å². The first-order valence-electron chi connectivity index (χ1n) is 9.74. The highest BCUT2D eigenvalue weighted by Crippen LogP contribution is 2.29. The highest BCUT2D eigenvalue weighted by Gasteiger charge is 2.19. The molecule has 2 N–H and O–H groups in total. The summed E-state index contributed by atoms with van der Waals surface area (Å²) >= 11 is 7.91. The van der Waals surface area contributed by atoms with Crippen molar-refractivity contribution >= 4 is 46.1 Å². The number of nitrogens with one attached hydrogen (secondary N) is 2. The van der Waals surface area contributed by atoms with Crippen LogP contribution in [0.4, 0.5) is 11.4 Å². The number of thiophene rings is 1. The van der Waals surface area contributed by atoms with Crippen LogP contribution in [0.15, 0.2) is 30.3 Å². The molecule has 2 amide bonds. The second-order valence-electron chi connectivity index (χ2n) is 7.40. The molecular formula is C21H27ClN4O2S. The van der Waals surface area contributed by atoms with Crippen LogP contribution >= 0.6 is 22.9 Å². The fourth-order valence-corrected chi connectivity index (χ4v) is 4.34. The lowest BCUT2D eigenvalue weighted by Crippen LogP contribution is -2.41. The summed E-state index contributed by atoms with van der Waals surface area (Å²) in [4.78, 5) is 31.0. The minimum Gasteiger partial charge on any atom is -0.369 e. The van der Waals surface area contributed by atoms with Gasteiger partial charge in [-0.15, -0.1) is 11.3 Å². The van der Waals surface area contributed by atoms with Crippen LogP contribution in [0.5, 0.6) is 0 Å². The van der Waals surface area contributed by atoms with Crippen molar-refractivity contribution in [3.63, 3.8) is 0 Å². The van der Waals surface area contributed by atoms with Gasteiger partial charge in [0.15, 0.2) is 0 Å². The van der Waals surface area contributed by atoms with Gasteiger partial charge < -0.3 is 20.4 Å². The van der Waals surface area contributed by atoms with Gasteiger partial charge in [-0.1, -0.05) is 11.6 Å². The minimum atomic E-state index is -0.662. The Hall–Kier alpha value is -2.09. The Morgan fingerprint density at radius 2 is 1.93 bits per heavy atom. The monoisotopic (exact) mass is 434 g/mol. The SMILES string of the molecule is Cc1ccc(C(=O)NC(C)C(=O)Nc2ccc(N3CCCN(C)CC3)c(Cl)c2)s1. The Kier molecular flexibility index (Phi) is 7.16. The van der Waals surface area contributed by atoms with Crippen LogP contribution < -0.4 is 15.5 Å². The van der Waals surface area contributed by atoms with Crippen molar-refractivity contribution in [2.24, 2.45) is 0 Å². The van der Waals surface area contributed by atoms with Gasteiger partial charge in [-0.2, -0.15) is 0 Å². The molecule has 1 aliphatic heterocycles. The standard InChI is InChI=1S/C21H27ClN4O2S/c1-14-5-8-19(29-14)21(28)23-15(2)20(27)24-16-6-7-18(17(22)13-16)26-10-4-9-25(3)11-12-26/h5-8,13,15H,4,9-12H2,1-3H3,(H,23,28)(H,24,27). The van der Waals surface area contributed by atoms with Crippen LogP contribution in [0.1, 0.15) is 27.9 Å². The summed E-state index contributed by atoms with van der Waals surface area (Å²) in [6.07, 6.45) is 1.09. The summed E-state index contributed by atoms with van der Waals surface area (Å²) < 4.78 is 0. The first-order chi connectivity index (χ1) is 13.8. The van der Waals surface area contributed by atoms with Gasteiger partial charge in [0.05, 0.1) is 15.6 Å². The maximum atomic E-state index is 12.5. The third-order valence-corrected chi connectivity index (χ3v) is 6.28. The number of amides is 2. The predicted octanol–water partition coefficient (Wildman–Crippen LogP) is 3.61. The Morgan fingerprint density at radius 1 is 1.14 bits per heavy atom. The fourth-order valence-electron chi connectivity index (χ4n) is 3.27. The van der Waals surface area contributed by atoms with Crippen molar-refractivity contribution in [2.45, 2.75) is 26.3 Å². The number of anilines is 2. The first-order valence-corrected chi connectivity index (χ1v) is 10.9. The summed E-state index contributed by atoms with van der Waals surface area (Å²) in [5.41, 5.74) is 1.60. The molecule has 0 bridgehead atoms. The molecule has 0 spiro atoms. The average Bonchev–Trinajstić information content (AvgIpc) is 3.00. The molecule has 2 heterocycles. The Morgan fingerprint density at radius 3 is 2.62 bits per heavy atom. The van der Waals surface area contributed by atoms with Gasteiger partial charge in [0, 0.05) is 30.2 Å². The molecule has 1 saturated heterocycles. The van der Waals surface area contributed by atoms with Crippen molar-refractivity contribution in [1.82, 2.24) is 10.2 Å². The van der Waals surface area contributed by atoms with Crippen LogP contribution in [0, 0.1) is 6.92 Å². The van der Waals surface area contributed by atoms with Gasteiger partial charge in [-0.25, -0.2) is 0 Å². The van der Waals surface area contributed by atoms with Crippen LogP contribution in [0.2, 0.25) is 5.02 Å². The predicted molar refractivity (Wildman–Crippen MR) is 120 cm³/mol. The third-order valence-electron chi connectivity index (χ3n) is 4.98. The maximum absolute atomic E-state index is 12.5. The number of nitrogens with zero attached hydrogens (tertiary/aromatic N) is 2. The van der Waals surface area contributed by atoms with E-state index in [2.05, 4.69) is 27.5 Å². The Labute approximate surface area is 180 Å². The van der Waals surface area contributed by atoms with Crippen molar-refractivity contribution in [3.8, 4) is 0 Å². The topological polar surface area (TPSA) is 64.7 Å². The summed E-state index contributed by atoms with van der Waals surface area (Å²) in [6.45, 7) is 7.56. The van der Waals surface area contributed by atoms with E-state index in [1.807, 2.05) is 25.1 Å². The van der Waals surface area contributed by atoms with E-state index in [0.29, 0.717) is 15.6 Å². The van der Waals surface area contributed by atoms with Gasteiger partial charge >= 0.3 is 0 Å². The quantitative estimate of drug-likeness (QED) is 0.754. The van der Waals surface area contributed by atoms with E-state index in [9.17, 15) is 9.59 Å². The third kappa shape index (κ3) is 5.72. The highest BCUT2D eigenvalue weighted by atomic mass is 35.5. The van der Waals surface area contributed by atoms with E-state index in [-0.39, 0.29) is 11.8 Å². The van der Waals surface area contributed by atoms with Crippen molar-refractivity contribution in [3.05, 3.63) is 45.1 Å². The number of benzene rings is 1. The number of carbonyl (C=O) groups excluding carboxylic acids is 2. The number of rotatable bonds is 5. The number of likely N-dealkylation sites (N-methyl/N-ethyl adjacent to an activating group) is 1. The lowest BCUT2D eigenvalue weighted by molar-refractivity contribution is -0.117. The van der Waals surface area contributed by atoms with Crippen molar-refractivity contribution < 1.29 is 9.59 Å². The molecule has 0 radical (unpaired) electrons. The van der Waals surface area contributed by atoms with E-state index in [4.69, 9.17) is 11.6 Å². The van der Waals surface area contributed by atoms with E-state index in [1.165, 1.54) is 11.3 Å². The number of hydrogen-bond acceptors (Lipinski definition) is 5. The van der Waals surface area contributed by atoms with Gasteiger partial charge in [0.1, 0.15) is 6.04 Å². The second-order valence-corrected chi connectivity index (χ2v) is 9.10. The van der Waals surface area contributed by atoms with Crippen LogP contribution in [0.25, 0.3) is 0 Å². The summed E-state index contributed by atoms with van der Waals surface area (Å²) in [5, 5.41) is 6.17. The second kappa shape index (κ2) is 9.61. The fraction of sp³-hybridized carbons (Fsp3) is 0.429. The zero-order valence-corrected chi connectivity index (χ0v) is 18.6. The molecule has 2 aromatic rings. The Bertz CT molecular complexity index is 885. The maximum Gasteiger partial charge on any atom is 0.261 e. The Balaban J connectivity index is 1.60. The number of hydrogen-bond donors (Lipinski definition) is 2. The zero-order valence-electron chi connectivity index (χ0n) is 17.0. The molecule has 29 heavy (non-hydrogen) atoms. The summed E-state index contributed by atoms with van der Waals surface area (Å²) in [5.74, 6) is -0.530. The molecular weight excluding hydrogens is 408 g/mol. The molecule has 1 aliphatic rings. The van der Waals surface area contributed by atoms with Gasteiger partial charge in [-0.3, -0.25) is 9.59 Å². The number of aryl methyl sites for hydroxylation is 1.